The molecule has 116 valence electrons. The highest BCUT2D eigenvalue weighted by Crippen LogP contribution is 2.34. The number of rotatable bonds is 3. The van der Waals surface area contributed by atoms with Crippen LogP contribution >= 0.6 is 11.6 Å². The Kier molecular flexibility index (Phi) is 4.37. The number of hydrogen-bond acceptors (Lipinski definition) is 6. The van der Waals surface area contributed by atoms with Crippen LogP contribution < -0.4 is 0 Å². The molecule has 1 aromatic rings. The number of nitro groups is 1. The number of benzene rings is 1. The first-order valence-electron chi connectivity index (χ1n) is 6.60. The first-order chi connectivity index (χ1) is 10.2. The van der Waals surface area contributed by atoms with Crippen molar-refractivity contribution in [3.8, 4) is 0 Å². The van der Waals surface area contributed by atoms with Gasteiger partial charge in [-0.05, 0) is 17.5 Å². The first-order valence-corrected chi connectivity index (χ1v) is 6.98. The van der Waals surface area contributed by atoms with Crippen molar-refractivity contribution in [2.45, 2.75) is 32.7 Å². The Balaban J connectivity index is 2.28. The predicted molar refractivity (Wildman–Crippen MR) is 79.4 cm³/mol. The minimum Gasteiger partial charge on any atom is -0.297 e. The van der Waals surface area contributed by atoms with Crippen LogP contribution in [0.3, 0.4) is 0 Å². The minimum absolute atomic E-state index is 0.0418. The number of carbonyl (C=O) groups excluding carboxylic acids is 2. The van der Waals surface area contributed by atoms with Crippen molar-refractivity contribution in [2.75, 3.05) is 0 Å². The molecule has 22 heavy (non-hydrogen) atoms. The molecule has 0 spiro atoms. The van der Waals surface area contributed by atoms with Crippen LogP contribution in [0.15, 0.2) is 28.4 Å². The maximum absolute atomic E-state index is 12.0. The van der Waals surface area contributed by atoms with E-state index in [0.717, 1.165) is 6.07 Å². The van der Waals surface area contributed by atoms with Crippen molar-refractivity contribution in [2.24, 2.45) is 15.6 Å². The molecule has 8 heteroatoms. The van der Waals surface area contributed by atoms with Crippen LogP contribution in [-0.2, 0) is 9.59 Å². The average molecular weight is 324 g/mol. The highest BCUT2D eigenvalue weighted by molar-refractivity contribution is 6.30. The second-order valence-corrected chi connectivity index (χ2v) is 6.39. The number of hydrogen-bond donors (Lipinski definition) is 0. The first kappa shape index (κ1) is 16.2. The molecule has 0 unspecified atom stereocenters. The van der Waals surface area contributed by atoms with Crippen LogP contribution in [0.2, 0.25) is 5.02 Å². The third-order valence-corrected chi connectivity index (χ3v) is 3.57. The quantitative estimate of drug-likeness (QED) is 0.366. The fourth-order valence-electron chi connectivity index (χ4n) is 2.35. The molecule has 1 aliphatic rings. The Labute approximate surface area is 131 Å². The summed E-state index contributed by atoms with van der Waals surface area (Å²) in [5.74, 6) is -0.636. The van der Waals surface area contributed by atoms with Crippen molar-refractivity contribution in [1.82, 2.24) is 0 Å². The number of nitrogens with zero attached hydrogens (tertiary/aromatic N) is 3. The average Bonchev–Trinajstić information content (AvgIpc) is 2.37. The highest BCUT2D eigenvalue weighted by Gasteiger charge is 2.39. The van der Waals surface area contributed by atoms with Crippen molar-refractivity contribution < 1.29 is 14.5 Å². The summed E-state index contributed by atoms with van der Waals surface area (Å²) in [6.07, 6.45) is 0.455. The van der Waals surface area contributed by atoms with Crippen molar-refractivity contribution in [1.29, 1.82) is 0 Å². The Morgan fingerprint density at radius 1 is 1.27 bits per heavy atom. The van der Waals surface area contributed by atoms with E-state index in [4.69, 9.17) is 11.6 Å². The highest BCUT2D eigenvalue weighted by atomic mass is 35.5. The fourth-order valence-corrected chi connectivity index (χ4v) is 2.52. The van der Waals surface area contributed by atoms with Gasteiger partial charge in [0.05, 0.1) is 4.92 Å². The molecular formula is C14H14ClN3O4. The molecule has 0 saturated heterocycles. The van der Waals surface area contributed by atoms with E-state index in [1.54, 1.807) is 0 Å². The van der Waals surface area contributed by atoms with Gasteiger partial charge in [-0.2, -0.15) is 5.11 Å². The molecule has 1 aliphatic carbocycles. The van der Waals surface area contributed by atoms with Gasteiger partial charge in [-0.3, -0.25) is 19.7 Å². The van der Waals surface area contributed by atoms with E-state index < -0.39 is 11.0 Å². The van der Waals surface area contributed by atoms with Crippen LogP contribution in [0.5, 0.6) is 0 Å². The number of carbonyl (C=O) groups is 2. The lowest BCUT2D eigenvalue weighted by atomic mass is 9.74. The largest absolute Gasteiger partial charge is 0.298 e. The Morgan fingerprint density at radius 3 is 2.41 bits per heavy atom. The van der Waals surface area contributed by atoms with Gasteiger partial charge in [-0.15, -0.1) is 5.11 Å². The second kappa shape index (κ2) is 5.92. The number of ketones is 2. The van der Waals surface area contributed by atoms with E-state index >= 15 is 0 Å². The van der Waals surface area contributed by atoms with Gasteiger partial charge < -0.3 is 0 Å². The van der Waals surface area contributed by atoms with Crippen LogP contribution in [0.25, 0.3) is 0 Å². The molecule has 0 aromatic heterocycles. The van der Waals surface area contributed by atoms with Crippen molar-refractivity contribution in [3.05, 3.63) is 33.3 Å². The van der Waals surface area contributed by atoms with Crippen molar-refractivity contribution >= 4 is 34.5 Å². The minimum atomic E-state index is -1.18. The Morgan fingerprint density at radius 2 is 1.86 bits per heavy atom. The smallest absolute Gasteiger partial charge is 0.297 e. The summed E-state index contributed by atoms with van der Waals surface area (Å²) in [5, 5.41) is 18.6. The topological polar surface area (TPSA) is 102 Å². The number of azo groups is 1. The van der Waals surface area contributed by atoms with Crippen LogP contribution in [0, 0.1) is 15.5 Å². The maximum Gasteiger partial charge on any atom is 0.298 e. The molecule has 7 nitrogen and oxygen atoms in total. The zero-order chi connectivity index (χ0) is 16.5. The van der Waals surface area contributed by atoms with Crippen LogP contribution in [-0.4, -0.2) is 22.5 Å². The third kappa shape index (κ3) is 3.54. The van der Waals surface area contributed by atoms with Gasteiger partial charge in [-0.25, -0.2) is 0 Å². The molecular weight excluding hydrogens is 310 g/mol. The van der Waals surface area contributed by atoms with Crippen LogP contribution in [0.4, 0.5) is 11.4 Å². The van der Waals surface area contributed by atoms with E-state index in [1.807, 2.05) is 13.8 Å². The second-order valence-electron chi connectivity index (χ2n) is 5.96. The van der Waals surface area contributed by atoms with Gasteiger partial charge in [0.1, 0.15) is 0 Å². The summed E-state index contributed by atoms with van der Waals surface area (Å²) in [7, 11) is 0. The van der Waals surface area contributed by atoms with E-state index in [9.17, 15) is 19.7 Å². The summed E-state index contributed by atoms with van der Waals surface area (Å²) in [6, 6.07) is 2.72. The number of Topliss-reactive ketones (excluding diaryl/α,β-unsaturated/α-hetero) is 2. The fraction of sp³-hybridized carbons (Fsp3) is 0.429. The normalized spacial score (nSPS) is 18.9. The molecule has 0 aliphatic heterocycles. The molecule has 1 fully saturated rings. The standard InChI is InChI=1S/C14H14ClN3O4/c1-14(2)6-11(19)13(12(20)7-14)17-16-9-4-3-8(15)5-10(9)18(21)22/h3-5,13H,6-7H2,1-2H3. The Hall–Kier alpha value is -2.15. The van der Waals surface area contributed by atoms with Crippen molar-refractivity contribution in [3.63, 3.8) is 0 Å². The monoisotopic (exact) mass is 323 g/mol. The number of halogens is 1. The van der Waals surface area contributed by atoms with Gasteiger partial charge in [0.15, 0.2) is 23.3 Å². The molecule has 0 amide bonds. The van der Waals surface area contributed by atoms with E-state index in [1.165, 1.54) is 12.1 Å². The lowest BCUT2D eigenvalue weighted by Gasteiger charge is -2.29. The molecule has 1 saturated carbocycles. The summed E-state index contributed by atoms with van der Waals surface area (Å²) in [5.41, 5.74) is -0.751. The molecule has 0 N–H and O–H groups in total. The van der Waals surface area contributed by atoms with E-state index in [-0.39, 0.29) is 46.2 Å². The van der Waals surface area contributed by atoms with Crippen LogP contribution in [0.1, 0.15) is 26.7 Å². The van der Waals surface area contributed by atoms with Gasteiger partial charge in [0, 0.05) is 23.9 Å². The SMILES string of the molecule is CC1(C)CC(=O)C(N=Nc2ccc(Cl)cc2[N+](=O)[O-])C(=O)C1. The Bertz CT molecular complexity index is 665. The predicted octanol–water partition coefficient (Wildman–Crippen LogP) is 3.66. The molecule has 0 radical (unpaired) electrons. The lowest BCUT2D eigenvalue weighted by Crippen LogP contribution is -2.40. The molecule has 2 rings (SSSR count). The van der Waals surface area contributed by atoms with Gasteiger partial charge in [0.2, 0.25) is 0 Å². The molecule has 0 bridgehead atoms. The maximum atomic E-state index is 12.0. The summed E-state index contributed by atoms with van der Waals surface area (Å²) in [6.45, 7) is 3.67. The lowest BCUT2D eigenvalue weighted by molar-refractivity contribution is -0.384. The molecule has 0 atom stereocenters. The van der Waals surface area contributed by atoms with E-state index in [2.05, 4.69) is 10.2 Å². The summed E-state index contributed by atoms with van der Waals surface area (Å²) < 4.78 is 0. The zero-order valence-corrected chi connectivity index (χ0v) is 12.8. The van der Waals surface area contributed by atoms with Gasteiger partial charge >= 0.3 is 0 Å². The van der Waals surface area contributed by atoms with E-state index in [0.29, 0.717) is 0 Å². The third-order valence-electron chi connectivity index (χ3n) is 3.33. The summed E-state index contributed by atoms with van der Waals surface area (Å²) in [4.78, 5) is 34.3. The van der Waals surface area contributed by atoms with Gasteiger partial charge in [0.25, 0.3) is 5.69 Å². The van der Waals surface area contributed by atoms with Gasteiger partial charge in [-0.1, -0.05) is 25.4 Å². The molecule has 0 heterocycles. The zero-order valence-electron chi connectivity index (χ0n) is 12.1. The number of nitro benzene ring substituents is 1. The summed E-state index contributed by atoms with van der Waals surface area (Å²) >= 11 is 5.70. The molecule has 1 aromatic carbocycles.